The fourth-order valence-corrected chi connectivity index (χ4v) is 1.96. The van der Waals surface area contributed by atoms with E-state index in [0.717, 1.165) is 0 Å². The lowest BCUT2D eigenvalue weighted by Gasteiger charge is -2.06. The number of carbonyl (C=O) groups excluding carboxylic acids is 1. The first-order valence-electron chi connectivity index (χ1n) is 5.81. The molecule has 20 heavy (non-hydrogen) atoms. The molecule has 0 unspecified atom stereocenters. The maximum absolute atomic E-state index is 12.0. The van der Waals surface area contributed by atoms with Gasteiger partial charge in [-0.15, -0.1) is 0 Å². The number of aromatic amines is 1. The van der Waals surface area contributed by atoms with E-state index in [1.54, 1.807) is 12.1 Å². The van der Waals surface area contributed by atoms with Crippen molar-refractivity contribution in [2.75, 3.05) is 11.1 Å². The van der Waals surface area contributed by atoms with Crippen LogP contribution in [0.15, 0.2) is 36.5 Å². The second-order valence-corrected chi connectivity index (χ2v) is 4.51. The van der Waals surface area contributed by atoms with E-state index in [9.17, 15) is 4.79 Å². The van der Waals surface area contributed by atoms with Crippen molar-refractivity contribution in [2.24, 2.45) is 0 Å². The van der Waals surface area contributed by atoms with Crippen LogP contribution in [0.1, 0.15) is 10.5 Å². The van der Waals surface area contributed by atoms with Gasteiger partial charge >= 0.3 is 0 Å². The number of amides is 1. The van der Waals surface area contributed by atoms with Crippen molar-refractivity contribution < 1.29 is 4.79 Å². The highest BCUT2D eigenvalue weighted by Crippen LogP contribution is 2.21. The van der Waals surface area contributed by atoms with E-state index in [4.69, 9.17) is 17.3 Å². The molecule has 0 bridgehead atoms. The van der Waals surface area contributed by atoms with Crippen molar-refractivity contribution in [3.8, 4) is 0 Å². The van der Waals surface area contributed by atoms with Crippen LogP contribution in [0.5, 0.6) is 0 Å². The molecule has 0 fully saturated rings. The number of rotatable bonds is 2. The van der Waals surface area contributed by atoms with E-state index in [0.29, 0.717) is 22.4 Å². The maximum Gasteiger partial charge on any atom is 0.273 e. The summed E-state index contributed by atoms with van der Waals surface area (Å²) in [7, 11) is 0. The number of benzene rings is 1. The van der Waals surface area contributed by atoms with E-state index in [2.05, 4.69) is 20.3 Å². The Balaban J connectivity index is 1.94. The van der Waals surface area contributed by atoms with Crippen LogP contribution in [-0.4, -0.2) is 20.9 Å². The number of hydrogen-bond acceptors (Lipinski definition) is 4. The molecule has 6 nitrogen and oxygen atoms in total. The van der Waals surface area contributed by atoms with Gasteiger partial charge in [-0.1, -0.05) is 23.7 Å². The molecule has 0 aliphatic heterocycles. The Labute approximate surface area is 119 Å². The van der Waals surface area contributed by atoms with Crippen molar-refractivity contribution in [3.05, 3.63) is 47.4 Å². The van der Waals surface area contributed by atoms with Gasteiger partial charge in [0.2, 0.25) is 0 Å². The molecule has 2 aromatic heterocycles. The minimum atomic E-state index is -0.381. The van der Waals surface area contributed by atoms with Gasteiger partial charge in [0.25, 0.3) is 5.91 Å². The molecule has 0 saturated heterocycles. The highest BCUT2D eigenvalue weighted by atomic mass is 35.5. The fraction of sp³-hybridized carbons (Fsp3) is 0. The number of para-hydroxylation sites is 2. The predicted molar refractivity (Wildman–Crippen MR) is 77.7 cm³/mol. The van der Waals surface area contributed by atoms with Crippen molar-refractivity contribution in [2.45, 2.75) is 0 Å². The molecule has 1 amide bonds. The lowest BCUT2D eigenvalue weighted by atomic mass is 10.3. The SMILES string of the molecule is Nc1c[nH]c(C(=O)Nc2nc3ccccc3nc2Cl)c1. The van der Waals surface area contributed by atoms with Crippen LogP contribution in [0.25, 0.3) is 11.0 Å². The van der Waals surface area contributed by atoms with Crippen LogP contribution < -0.4 is 11.1 Å². The van der Waals surface area contributed by atoms with Crippen molar-refractivity contribution in [1.29, 1.82) is 0 Å². The summed E-state index contributed by atoms with van der Waals surface area (Å²) in [5, 5.41) is 2.74. The van der Waals surface area contributed by atoms with Crippen LogP contribution in [0.3, 0.4) is 0 Å². The third-order valence-corrected chi connectivity index (χ3v) is 2.97. The van der Waals surface area contributed by atoms with Crippen molar-refractivity contribution in [3.63, 3.8) is 0 Å². The molecule has 3 aromatic rings. The smallest absolute Gasteiger partial charge is 0.273 e. The Morgan fingerprint density at radius 3 is 2.60 bits per heavy atom. The Hall–Kier alpha value is -2.60. The van der Waals surface area contributed by atoms with E-state index in [1.165, 1.54) is 12.3 Å². The number of nitrogen functional groups attached to an aromatic ring is 1. The molecule has 2 heterocycles. The van der Waals surface area contributed by atoms with Crippen LogP contribution >= 0.6 is 11.6 Å². The lowest BCUT2D eigenvalue weighted by Crippen LogP contribution is -2.14. The number of nitrogens with one attached hydrogen (secondary N) is 2. The van der Waals surface area contributed by atoms with E-state index >= 15 is 0 Å². The number of aromatic nitrogens is 3. The zero-order valence-corrected chi connectivity index (χ0v) is 11.0. The van der Waals surface area contributed by atoms with Crippen LogP contribution in [0, 0.1) is 0 Å². The summed E-state index contributed by atoms with van der Waals surface area (Å²) in [6.07, 6.45) is 1.53. The fourth-order valence-electron chi connectivity index (χ4n) is 1.78. The number of nitrogens with two attached hydrogens (primary N) is 1. The topological polar surface area (TPSA) is 96.7 Å². The van der Waals surface area contributed by atoms with Crippen LogP contribution in [0.4, 0.5) is 11.5 Å². The summed E-state index contributed by atoms with van der Waals surface area (Å²) in [5.74, 6) is -0.170. The molecule has 100 valence electrons. The van der Waals surface area contributed by atoms with Crippen LogP contribution in [0.2, 0.25) is 5.15 Å². The summed E-state index contributed by atoms with van der Waals surface area (Å²) >= 11 is 6.02. The lowest BCUT2D eigenvalue weighted by molar-refractivity contribution is 0.102. The average Bonchev–Trinajstić information content (AvgIpc) is 2.86. The minimum Gasteiger partial charge on any atom is -0.397 e. The second-order valence-electron chi connectivity index (χ2n) is 4.15. The Morgan fingerprint density at radius 2 is 1.95 bits per heavy atom. The first-order chi connectivity index (χ1) is 9.63. The van der Waals surface area contributed by atoms with Gasteiger partial charge in [-0.25, -0.2) is 9.97 Å². The standard InChI is InChI=1S/C13H10ClN5O/c14-11-12(18-9-4-2-1-3-8(9)17-11)19-13(20)10-5-7(15)6-16-10/h1-6,16H,15H2,(H,18,19,20). The third kappa shape index (κ3) is 2.28. The predicted octanol–water partition coefficient (Wildman–Crippen LogP) is 2.45. The van der Waals surface area contributed by atoms with E-state index in [1.807, 2.05) is 12.1 Å². The third-order valence-electron chi connectivity index (χ3n) is 2.71. The van der Waals surface area contributed by atoms with E-state index < -0.39 is 0 Å². The van der Waals surface area contributed by atoms with Gasteiger partial charge in [0.15, 0.2) is 11.0 Å². The highest BCUT2D eigenvalue weighted by molar-refractivity contribution is 6.32. The Bertz CT molecular complexity index is 798. The molecule has 0 aliphatic rings. The summed E-state index contributed by atoms with van der Waals surface area (Å²) in [5.41, 5.74) is 7.67. The van der Waals surface area contributed by atoms with Gasteiger partial charge in [0, 0.05) is 11.9 Å². The molecule has 7 heteroatoms. The van der Waals surface area contributed by atoms with Crippen LogP contribution in [-0.2, 0) is 0 Å². The Kier molecular flexibility index (Phi) is 3.00. The number of hydrogen-bond donors (Lipinski definition) is 3. The van der Waals surface area contributed by atoms with Crippen molar-refractivity contribution in [1.82, 2.24) is 15.0 Å². The normalized spacial score (nSPS) is 10.7. The summed E-state index contributed by atoms with van der Waals surface area (Å²) in [4.78, 5) is 23.2. The molecule has 1 aromatic carbocycles. The first kappa shape index (κ1) is 12.4. The summed E-state index contributed by atoms with van der Waals surface area (Å²) in [6, 6.07) is 8.79. The average molecular weight is 288 g/mol. The summed E-state index contributed by atoms with van der Waals surface area (Å²) < 4.78 is 0. The largest absolute Gasteiger partial charge is 0.397 e. The molecule has 0 atom stereocenters. The van der Waals surface area contributed by atoms with Gasteiger partial charge in [0.1, 0.15) is 5.69 Å². The molecule has 3 rings (SSSR count). The van der Waals surface area contributed by atoms with Gasteiger partial charge in [-0.05, 0) is 18.2 Å². The number of halogens is 1. The molecular weight excluding hydrogens is 278 g/mol. The number of nitrogens with zero attached hydrogens (tertiary/aromatic N) is 2. The van der Waals surface area contributed by atoms with E-state index in [-0.39, 0.29) is 16.9 Å². The molecule has 4 N–H and O–H groups in total. The number of H-pyrrole nitrogens is 1. The monoisotopic (exact) mass is 287 g/mol. The first-order valence-corrected chi connectivity index (χ1v) is 6.19. The molecule has 0 aliphatic carbocycles. The van der Waals surface area contributed by atoms with Gasteiger partial charge in [-0.2, -0.15) is 0 Å². The zero-order valence-electron chi connectivity index (χ0n) is 10.2. The quantitative estimate of drug-likeness (QED) is 0.674. The number of anilines is 2. The zero-order chi connectivity index (χ0) is 14.1. The minimum absolute atomic E-state index is 0.136. The van der Waals surface area contributed by atoms with Gasteiger partial charge in [0.05, 0.1) is 11.0 Å². The van der Waals surface area contributed by atoms with Gasteiger partial charge in [-0.3, -0.25) is 4.79 Å². The maximum atomic E-state index is 12.0. The molecule has 0 spiro atoms. The number of carbonyl (C=O) groups is 1. The number of fused-ring (bicyclic) bond motifs is 1. The van der Waals surface area contributed by atoms with Crippen molar-refractivity contribution >= 4 is 40.0 Å². The summed E-state index contributed by atoms with van der Waals surface area (Å²) in [6.45, 7) is 0. The Morgan fingerprint density at radius 1 is 1.25 bits per heavy atom. The second kappa shape index (κ2) is 4.82. The highest BCUT2D eigenvalue weighted by Gasteiger charge is 2.13. The molecule has 0 saturated carbocycles. The molecule has 0 radical (unpaired) electrons. The molecular formula is C13H10ClN5O. The van der Waals surface area contributed by atoms with Gasteiger partial charge < -0.3 is 16.0 Å².